The van der Waals surface area contributed by atoms with E-state index in [4.69, 9.17) is 4.74 Å². The topological polar surface area (TPSA) is 36.9 Å². The van der Waals surface area contributed by atoms with Crippen LogP contribution >= 0.6 is 24.0 Å². The Kier molecular flexibility index (Phi) is 11.9. The van der Waals surface area contributed by atoms with Crippen molar-refractivity contribution >= 4 is 29.9 Å². The molecule has 0 aliphatic carbocycles. The number of allylic oxidation sites excluding steroid dienone is 1. The summed E-state index contributed by atoms with van der Waals surface area (Å²) in [6, 6.07) is 8.42. The van der Waals surface area contributed by atoms with Gasteiger partial charge in [-0.05, 0) is 24.0 Å². The van der Waals surface area contributed by atoms with E-state index in [9.17, 15) is 0 Å². The SMILES string of the molecule is C=CCCCN(C)C(=NC)NCc1ccc(COC)cc1.I. The Hall–Kier alpha value is -1.08. The number of methoxy groups -OCH3 is 1. The van der Waals surface area contributed by atoms with Crippen LogP contribution in [0, 0.1) is 0 Å². The van der Waals surface area contributed by atoms with E-state index < -0.39 is 0 Å². The maximum absolute atomic E-state index is 5.11. The quantitative estimate of drug-likeness (QED) is 0.232. The third-order valence-corrected chi connectivity index (χ3v) is 3.26. The molecule has 4 nitrogen and oxygen atoms in total. The van der Waals surface area contributed by atoms with Crippen LogP contribution in [-0.2, 0) is 17.9 Å². The van der Waals surface area contributed by atoms with Crippen molar-refractivity contribution in [3.63, 3.8) is 0 Å². The molecule has 0 fully saturated rings. The summed E-state index contributed by atoms with van der Waals surface area (Å²) in [6.07, 6.45) is 4.07. The normalized spacial score (nSPS) is 10.8. The van der Waals surface area contributed by atoms with Crippen molar-refractivity contribution in [2.75, 3.05) is 27.7 Å². The molecule has 0 heterocycles. The van der Waals surface area contributed by atoms with Gasteiger partial charge in [-0.25, -0.2) is 0 Å². The predicted octanol–water partition coefficient (Wildman–Crippen LogP) is 3.42. The lowest BCUT2D eigenvalue weighted by molar-refractivity contribution is 0.185. The van der Waals surface area contributed by atoms with Crippen molar-refractivity contribution in [2.45, 2.75) is 26.0 Å². The van der Waals surface area contributed by atoms with Gasteiger partial charge in [-0.1, -0.05) is 30.3 Å². The molecule has 0 aliphatic heterocycles. The van der Waals surface area contributed by atoms with Gasteiger partial charge in [0.2, 0.25) is 0 Å². The van der Waals surface area contributed by atoms with E-state index in [1.54, 1.807) is 7.11 Å². The Morgan fingerprint density at radius 3 is 2.50 bits per heavy atom. The van der Waals surface area contributed by atoms with E-state index in [1.165, 1.54) is 11.1 Å². The number of hydrogen-bond donors (Lipinski definition) is 1. The highest BCUT2D eigenvalue weighted by atomic mass is 127. The summed E-state index contributed by atoms with van der Waals surface area (Å²) in [6.45, 7) is 6.14. The molecule has 0 unspecified atom stereocenters. The number of nitrogens with one attached hydrogen (secondary N) is 1. The molecule has 0 spiro atoms. The molecule has 0 aromatic heterocycles. The number of aliphatic imine (C=N–C) groups is 1. The first kappa shape index (κ1) is 20.9. The lowest BCUT2D eigenvalue weighted by atomic mass is 10.1. The van der Waals surface area contributed by atoms with Gasteiger partial charge in [0.05, 0.1) is 6.61 Å². The molecule has 0 amide bonds. The van der Waals surface area contributed by atoms with E-state index in [1.807, 2.05) is 13.1 Å². The lowest BCUT2D eigenvalue weighted by Crippen LogP contribution is -2.38. The predicted molar refractivity (Wildman–Crippen MR) is 105 cm³/mol. The Morgan fingerprint density at radius 2 is 1.95 bits per heavy atom. The van der Waals surface area contributed by atoms with Crippen LogP contribution < -0.4 is 5.32 Å². The lowest BCUT2D eigenvalue weighted by Gasteiger charge is -2.22. The highest BCUT2D eigenvalue weighted by Gasteiger charge is 2.04. The zero-order valence-corrected chi connectivity index (χ0v) is 16.2. The molecule has 124 valence electrons. The smallest absolute Gasteiger partial charge is 0.193 e. The minimum Gasteiger partial charge on any atom is -0.380 e. The molecule has 1 rings (SSSR count). The van der Waals surface area contributed by atoms with Crippen LogP contribution in [0.3, 0.4) is 0 Å². The summed E-state index contributed by atoms with van der Waals surface area (Å²) in [5.41, 5.74) is 2.42. The van der Waals surface area contributed by atoms with E-state index in [-0.39, 0.29) is 24.0 Å². The molecule has 1 aromatic rings. The number of guanidine groups is 1. The van der Waals surface area contributed by atoms with Gasteiger partial charge in [0.25, 0.3) is 0 Å². The van der Waals surface area contributed by atoms with Gasteiger partial charge in [-0.2, -0.15) is 0 Å². The number of hydrogen-bond acceptors (Lipinski definition) is 2. The average molecular weight is 417 g/mol. The molecular weight excluding hydrogens is 389 g/mol. The minimum atomic E-state index is 0. The summed E-state index contributed by atoms with van der Waals surface area (Å²) in [5, 5.41) is 3.38. The summed E-state index contributed by atoms with van der Waals surface area (Å²) < 4.78 is 5.11. The van der Waals surface area contributed by atoms with E-state index in [0.717, 1.165) is 31.9 Å². The summed E-state index contributed by atoms with van der Waals surface area (Å²) in [7, 11) is 5.58. The molecular formula is C17H28IN3O. The van der Waals surface area contributed by atoms with Crippen molar-refractivity contribution < 1.29 is 4.74 Å². The molecule has 0 saturated carbocycles. The van der Waals surface area contributed by atoms with Gasteiger partial charge >= 0.3 is 0 Å². The third-order valence-electron chi connectivity index (χ3n) is 3.26. The number of ether oxygens (including phenoxy) is 1. The van der Waals surface area contributed by atoms with Crippen molar-refractivity contribution in [1.29, 1.82) is 0 Å². The molecule has 0 atom stereocenters. The monoisotopic (exact) mass is 417 g/mol. The zero-order valence-electron chi connectivity index (χ0n) is 13.8. The van der Waals surface area contributed by atoms with Crippen molar-refractivity contribution in [3.05, 3.63) is 48.0 Å². The Labute approximate surface area is 151 Å². The van der Waals surface area contributed by atoms with E-state index in [0.29, 0.717) is 6.61 Å². The number of nitrogens with zero attached hydrogens (tertiary/aromatic N) is 2. The summed E-state index contributed by atoms with van der Waals surface area (Å²) >= 11 is 0. The first-order valence-electron chi connectivity index (χ1n) is 7.30. The van der Waals surface area contributed by atoms with Gasteiger partial charge in [0.15, 0.2) is 5.96 Å². The highest BCUT2D eigenvalue weighted by molar-refractivity contribution is 14.0. The second-order valence-electron chi connectivity index (χ2n) is 5.00. The number of halogens is 1. The Bertz CT molecular complexity index is 446. The third kappa shape index (κ3) is 7.79. The maximum atomic E-state index is 5.11. The van der Waals surface area contributed by atoms with Gasteiger partial charge in [0.1, 0.15) is 0 Å². The van der Waals surface area contributed by atoms with Gasteiger partial charge in [-0.3, -0.25) is 4.99 Å². The average Bonchev–Trinajstić information content (AvgIpc) is 2.50. The highest BCUT2D eigenvalue weighted by Crippen LogP contribution is 2.05. The van der Waals surface area contributed by atoms with Crippen LogP contribution in [0.1, 0.15) is 24.0 Å². The van der Waals surface area contributed by atoms with Gasteiger partial charge in [0, 0.05) is 34.3 Å². The molecule has 0 radical (unpaired) electrons. The zero-order chi connectivity index (χ0) is 15.5. The molecule has 1 aromatic carbocycles. The standard InChI is InChI=1S/C17H27N3O.HI/c1-5-6-7-12-20(3)17(18-2)19-13-15-8-10-16(11-9-15)14-21-4;/h5,8-11H,1,6-7,12-14H2,2-4H3,(H,18,19);1H. The second-order valence-corrected chi connectivity index (χ2v) is 5.00. The number of benzene rings is 1. The van der Waals surface area contributed by atoms with Crippen molar-refractivity contribution in [1.82, 2.24) is 10.2 Å². The Balaban J connectivity index is 0.00000441. The fourth-order valence-electron chi connectivity index (χ4n) is 2.06. The molecule has 0 aliphatic rings. The molecule has 22 heavy (non-hydrogen) atoms. The van der Waals surface area contributed by atoms with Crippen LogP contribution in [0.4, 0.5) is 0 Å². The molecule has 1 N–H and O–H groups in total. The maximum Gasteiger partial charge on any atom is 0.193 e. The van der Waals surface area contributed by atoms with Crippen LogP contribution in [0.2, 0.25) is 0 Å². The van der Waals surface area contributed by atoms with Gasteiger partial charge in [-0.15, -0.1) is 30.6 Å². The largest absolute Gasteiger partial charge is 0.380 e. The first-order valence-corrected chi connectivity index (χ1v) is 7.30. The number of unbranched alkanes of at least 4 members (excludes halogenated alkanes) is 1. The van der Waals surface area contributed by atoms with Gasteiger partial charge < -0.3 is 15.0 Å². The van der Waals surface area contributed by atoms with Crippen LogP contribution in [0.5, 0.6) is 0 Å². The summed E-state index contributed by atoms with van der Waals surface area (Å²) in [4.78, 5) is 6.46. The van der Waals surface area contributed by atoms with Crippen LogP contribution in [0.25, 0.3) is 0 Å². The Morgan fingerprint density at radius 1 is 1.32 bits per heavy atom. The minimum absolute atomic E-state index is 0. The first-order chi connectivity index (χ1) is 10.2. The van der Waals surface area contributed by atoms with Crippen LogP contribution in [0.15, 0.2) is 41.9 Å². The van der Waals surface area contributed by atoms with Crippen molar-refractivity contribution in [3.8, 4) is 0 Å². The number of rotatable bonds is 8. The van der Waals surface area contributed by atoms with E-state index in [2.05, 4.69) is 53.1 Å². The molecule has 0 bridgehead atoms. The molecule has 5 heteroatoms. The second kappa shape index (κ2) is 12.5. The van der Waals surface area contributed by atoms with Crippen LogP contribution in [-0.4, -0.2) is 38.6 Å². The fourth-order valence-corrected chi connectivity index (χ4v) is 2.06. The van der Waals surface area contributed by atoms with E-state index >= 15 is 0 Å². The summed E-state index contributed by atoms with van der Waals surface area (Å²) in [5.74, 6) is 0.917. The molecule has 0 saturated heterocycles. The van der Waals surface area contributed by atoms with Crippen molar-refractivity contribution in [2.24, 2.45) is 4.99 Å². The fraction of sp³-hybridized carbons (Fsp3) is 0.471.